The highest BCUT2D eigenvalue weighted by atomic mass is 16.6. The van der Waals surface area contributed by atoms with Crippen LogP contribution in [0.1, 0.15) is 34.3 Å². The van der Waals surface area contributed by atoms with Crippen molar-refractivity contribution in [1.29, 1.82) is 0 Å². The van der Waals surface area contributed by atoms with Gasteiger partial charge in [0.1, 0.15) is 11.9 Å². The number of phenolic OH excluding ortho intramolecular Hbond substituents is 1. The number of ether oxygens (including phenoxy) is 1. The molecule has 1 aliphatic rings. The average Bonchev–Trinajstić information content (AvgIpc) is 3.05. The fourth-order valence-corrected chi connectivity index (χ4v) is 5.32. The van der Waals surface area contributed by atoms with Crippen LogP contribution in [0.3, 0.4) is 0 Å². The van der Waals surface area contributed by atoms with Gasteiger partial charge in [-0.05, 0) is 47.7 Å². The number of anilines is 1. The topological polar surface area (TPSA) is 103 Å². The molecule has 0 atom stereocenters. The number of hydrogen-bond donors (Lipinski definition) is 4. The summed E-state index contributed by atoms with van der Waals surface area (Å²) in [4.78, 5) is 27.6. The number of nitrogens with zero attached hydrogens (tertiary/aromatic N) is 1. The van der Waals surface area contributed by atoms with Gasteiger partial charge < -0.3 is 25.4 Å². The van der Waals surface area contributed by atoms with E-state index in [0.29, 0.717) is 31.7 Å². The zero-order valence-electron chi connectivity index (χ0n) is 24.9. The predicted molar refractivity (Wildman–Crippen MR) is 174 cm³/mol. The maximum Gasteiger partial charge on any atom is 0.411 e. The van der Waals surface area contributed by atoms with Gasteiger partial charge in [0.05, 0.1) is 12.2 Å². The SMILES string of the molecule is O=C(Nc1ccccc1-c1ccccc1)OC1CCN(CCNCC(=O)c2ccc(CNCc3ccc(O)cc3)cc2)CC1. The number of ketones is 1. The Morgan fingerprint density at radius 3 is 2.11 bits per heavy atom. The average molecular weight is 593 g/mol. The van der Waals surface area contributed by atoms with Gasteiger partial charge in [-0.1, -0.05) is 84.9 Å². The number of para-hydroxylation sites is 1. The van der Waals surface area contributed by atoms with E-state index in [1.54, 1.807) is 12.1 Å². The van der Waals surface area contributed by atoms with Gasteiger partial charge in [-0.3, -0.25) is 10.1 Å². The second kappa shape index (κ2) is 15.8. The first-order chi connectivity index (χ1) is 21.5. The van der Waals surface area contributed by atoms with Gasteiger partial charge in [-0.25, -0.2) is 4.79 Å². The summed E-state index contributed by atoms with van der Waals surface area (Å²) in [5.41, 5.74) is 5.63. The molecule has 4 aromatic carbocycles. The molecular formula is C36H40N4O4. The molecule has 0 aliphatic carbocycles. The summed E-state index contributed by atoms with van der Waals surface area (Å²) < 4.78 is 5.75. The van der Waals surface area contributed by atoms with Crippen LogP contribution in [-0.2, 0) is 17.8 Å². The quantitative estimate of drug-likeness (QED) is 0.114. The van der Waals surface area contributed by atoms with Gasteiger partial charge in [0.2, 0.25) is 0 Å². The minimum Gasteiger partial charge on any atom is -0.508 e. The van der Waals surface area contributed by atoms with Crippen molar-refractivity contribution >= 4 is 17.6 Å². The summed E-state index contributed by atoms with van der Waals surface area (Å²) >= 11 is 0. The molecule has 8 nitrogen and oxygen atoms in total. The summed E-state index contributed by atoms with van der Waals surface area (Å²) in [5.74, 6) is 0.333. The molecule has 4 aromatic rings. The van der Waals surface area contributed by atoms with E-state index < -0.39 is 6.09 Å². The highest BCUT2D eigenvalue weighted by Gasteiger charge is 2.22. The summed E-state index contributed by atoms with van der Waals surface area (Å²) in [6, 6.07) is 32.6. The molecule has 5 rings (SSSR count). The summed E-state index contributed by atoms with van der Waals surface area (Å²) in [6.07, 6.45) is 1.02. The minimum atomic E-state index is -0.426. The fraction of sp³-hybridized carbons (Fsp3) is 0.278. The fourth-order valence-electron chi connectivity index (χ4n) is 5.32. The van der Waals surface area contributed by atoms with Crippen molar-refractivity contribution in [2.45, 2.75) is 32.0 Å². The van der Waals surface area contributed by atoms with Crippen LogP contribution in [-0.4, -0.2) is 60.7 Å². The van der Waals surface area contributed by atoms with E-state index in [1.165, 1.54) is 0 Å². The van der Waals surface area contributed by atoms with Gasteiger partial charge in [-0.15, -0.1) is 0 Å². The molecule has 1 fully saturated rings. The maximum absolute atomic E-state index is 12.7. The molecule has 44 heavy (non-hydrogen) atoms. The standard InChI is InChI=1S/C36H40N4O4/c41-31-16-12-28(13-17-31)25-38-24-27-10-14-30(15-11-27)35(42)26-37-20-23-40-21-18-32(19-22-40)44-36(43)39-34-9-5-4-8-33(34)29-6-2-1-3-7-29/h1-17,32,37-38,41H,18-26H2,(H,39,43). The third-order valence-corrected chi connectivity index (χ3v) is 7.82. The second-order valence-corrected chi connectivity index (χ2v) is 11.0. The van der Waals surface area contributed by atoms with Crippen LogP contribution in [0.2, 0.25) is 0 Å². The number of hydrogen-bond acceptors (Lipinski definition) is 7. The lowest BCUT2D eigenvalue weighted by Crippen LogP contribution is -2.42. The highest BCUT2D eigenvalue weighted by Crippen LogP contribution is 2.28. The number of carbonyl (C=O) groups is 2. The third-order valence-electron chi connectivity index (χ3n) is 7.82. The molecule has 4 N–H and O–H groups in total. The normalized spacial score (nSPS) is 13.8. The Morgan fingerprint density at radius 2 is 1.41 bits per heavy atom. The number of carbonyl (C=O) groups excluding carboxylic acids is 2. The van der Waals surface area contributed by atoms with E-state index in [9.17, 15) is 14.7 Å². The molecule has 0 unspecified atom stereocenters. The smallest absolute Gasteiger partial charge is 0.411 e. The van der Waals surface area contributed by atoms with Gasteiger partial charge >= 0.3 is 6.09 Å². The van der Waals surface area contributed by atoms with Gasteiger partial charge in [0.25, 0.3) is 0 Å². The number of rotatable bonds is 13. The largest absolute Gasteiger partial charge is 0.508 e. The molecule has 0 saturated carbocycles. The number of Topliss-reactive ketones (excluding diaryl/α,β-unsaturated/α-hetero) is 1. The molecule has 0 aromatic heterocycles. The molecule has 1 aliphatic heterocycles. The zero-order chi connectivity index (χ0) is 30.6. The van der Waals surface area contributed by atoms with E-state index in [1.807, 2.05) is 91.0 Å². The molecule has 1 amide bonds. The first-order valence-corrected chi connectivity index (χ1v) is 15.2. The van der Waals surface area contributed by atoms with Gasteiger partial charge in [0, 0.05) is 50.4 Å². The number of phenols is 1. The summed E-state index contributed by atoms with van der Waals surface area (Å²) in [5, 5.41) is 19.0. The van der Waals surface area contributed by atoms with Crippen LogP contribution in [0, 0.1) is 0 Å². The Hall–Kier alpha value is -4.50. The number of piperidine rings is 1. The van der Waals surface area contributed by atoms with Crippen LogP contribution in [0.25, 0.3) is 11.1 Å². The zero-order valence-corrected chi connectivity index (χ0v) is 24.9. The molecular weight excluding hydrogens is 552 g/mol. The Kier molecular flexibility index (Phi) is 11.1. The van der Waals surface area contributed by atoms with Crippen LogP contribution in [0.5, 0.6) is 5.75 Å². The van der Waals surface area contributed by atoms with E-state index in [2.05, 4.69) is 20.9 Å². The van der Waals surface area contributed by atoms with Crippen LogP contribution in [0.15, 0.2) is 103 Å². The molecule has 8 heteroatoms. The van der Waals surface area contributed by atoms with Crippen molar-refractivity contribution in [1.82, 2.24) is 15.5 Å². The van der Waals surface area contributed by atoms with Crippen molar-refractivity contribution in [2.75, 3.05) is 38.0 Å². The first kappa shape index (κ1) is 30.9. The maximum atomic E-state index is 12.7. The molecule has 228 valence electrons. The molecule has 0 radical (unpaired) electrons. The molecule has 1 saturated heterocycles. The Balaban J connectivity index is 0.955. The van der Waals surface area contributed by atoms with Crippen molar-refractivity contribution in [3.05, 3.63) is 120 Å². The third kappa shape index (κ3) is 9.25. The molecule has 1 heterocycles. The summed E-state index contributed by atoms with van der Waals surface area (Å²) in [7, 11) is 0. The number of aromatic hydroxyl groups is 1. The van der Waals surface area contributed by atoms with Crippen LogP contribution < -0.4 is 16.0 Å². The van der Waals surface area contributed by atoms with E-state index in [0.717, 1.165) is 60.4 Å². The lowest BCUT2D eigenvalue weighted by molar-refractivity contribution is 0.0593. The molecule has 0 bridgehead atoms. The van der Waals surface area contributed by atoms with E-state index in [-0.39, 0.29) is 17.6 Å². The van der Waals surface area contributed by atoms with Crippen LogP contribution >= 0.6 is 0 Å². The van der Waals surface area contributed by atoms with E-state index in [4.69, 9.17) is 4.74 Å². The number of nitrogens with one attached hydrogen (secondary N) is 3. The lowest BCUT2D eigenvalue weighted by Gasteiger charge is -2.31. The van der Waals surface area contributed by atoms with Crippen LogP contribution in [0.4, 0.5) is 10.5 Å². The number of likely N-dealkylation sites (tertiary alicyclic amines) is 1. The van der Waals surface area contributed by atoms with Crippen molar-refractivity contribution in [3.63, 3.8) is 0 Å². The first-order valence-electron chi connectivity index (χ1n) is 15.2. The second-order valence-electron chi connectivity index (χ2n) is 11.0. The number of amides is 1. The van der Waals surface area contributed by atoms with Crippen molar-refractivity contribution in [3.8, 4) is 16.9 Å². The number of benzene rings is 4. The van der Waals surface area contributed by atoms with Crippen molar-refractivity contribution in [2.24, 2.45) is 0 Å². The Morgan fingerprint density at radius 1 is 0.773 bits per heavy atom. The Bertz CT molecular complexity index is 1490. The predicted octanol–water partition coefficient (Wildman–Crippen LogP) is 5.83. The minimum absolute atomic E-state index is 0.0700. The van der Waals surface area contributed by atoms with Gasteiger partial charge in [-0.2, -0.15) is 0 Å². The lowest BCUT2D eigenvalue weighted by atomic mass is 10.0. The summed E-state index contributed by atoms with van der Waals surface area (Å²) in [6.45, 7) is 4.93. The monoisotopic (exact) mass is 592 g/mol. The Labute approximate surface area is 259 Å². The molecule has 0 spiro atoms. The van der Waals surface area contributed by atoms with Gasteiger partial charge in [0.15, 0.2) is 5.78 Å². The highest BCUT2D eigenvalue weighted by molar-refractivity contribution is 5.97. The van der Waals surface area contributed by atoms with E-state index >= 15 is 0 Å². The van der Waals surface area contributed by atoms with Crippen molar-refractivity contribution < 1.29 is 19.4 Å².